The van der Waals surface area contributed by atoms with E-state index < -0.39 is 0 Å². The Balaban J connectivity index is 2.52. The Labute approximate surface area is 82.1 Å². The van der Waals surface area contributed by atoms with Gasteiger partial charge in [0.1, 0.15) is 0 Å². The molecule has 0 fully saturated rings. The predicted octanol–water partition coefficient (Wildman–Crippen LogP) is 2.77. The first kappa shape index (κ1) is 8.46. The summed E-state index contributed by atoms with van der Waals surface area (Å²) in [5, 5.41) is 9.49. The zero-order valence-corrected chi connectivity index (χ0v) is 7.51. The highest BCUT2D eigenvalue weighted by Crippen LogP contribution is 2.12. The van der Waals surface area contributed by atoms with Crippen LogP contribution in [-0.2, 0) is 0 Å². The van der Waals surface area contributed by atoms with Crippen LogP contribution in [0.5, 0.6) is 0 Å². The topological polar surface area (TPSA) is 36.7 Å². The third kappa shape index (κ3) is 1.62. The molecule has 0 aliphatic rings. The van der Waals surface area contributed by atoms with Gasteiger partial charge in [0.25, 0.3) is 0 Å². The van der Waals surface area contributed by atoms with Crippen LogP contribution in [0.4, 0.5) is 0 Å². The largest absolute Gasteiger partial charge is 0.248 e. The van der Waals surface area contributed by atoms with Gasteiger partial charge < -0.3 is 0 Å². The molecule has 2 rings (SSSR count). The molecule has 0 radical (unpaired) electrons. The molecule has 14 heavy (non-hydrogen) atoms. The van der Waals surface area contributed by atoms with Crippen LogP contribution in [0.15, 0.2) is 42.5 Å². The number of fused-ring (bicyclic) bond motifs is 1. The number of allylic oxidation sites excluding steroid dienone is 1. The maximum absolute atomic E-state index is 8.38. The zero-order chi connectivity index (χ0) is 9.80. The zero-order valence-electron chi connectivity index (χ0n) is 7.51. The minimum absolute atomic E-state index is 0.810. The van der Waals surface area contributed by atoms with Crippen molar-refractivity contribution in [2.24, 2.45) is 0 Å². The molecule has 0 atom stereocenters. The van der Waals surface area contributed by atoms with E-state index in [1.54, 1.807) is 6.08 Å². The summed E-state index contributed by atoms with van der Waals surface area (Å²) in [6.45, 7) is 0. The summed E-state index contributed by atoms with van der Waals surface area (Å²) in [4.78, 5) is 4.37. The SMILES string of the molecule is N#C/C=C/c1ccc2ccccc2n1. The van der Waals surface area contributed by atoms with E-state index in [9.17, 15) is 0 Å². The van der Waals surface area contributed by atoms with Crippen molar-refractivity contribution >= 4 is 17.0 Å². The second-order valence-corrected chi connectivity index (χ2v) is 2.89. The molecule has 0 saturated carbocycles. The minimum atomic E-state index is 0.810. The molecule has 0 aliphatic heterocycles. The average molecular weight is 180 g/mol. The fourth-order valence-corrected chi connectivity index (χ4v) is 1.30. The fourth-order valence-electron chi connectivity index (χ4n) is 1.30. The normalized spacial score (nSPS) is 10.5. The van der Waals surface area contributed by atoms with Crippen molar-refractivity contribution in [2.45, 2.75) is 0 Å². The van der Waals surface area contributed by atoms with Crippen molar-refractivity contribution in [3.8, 4) is 6.07 Å². The summed E-state index contributed by atoms with van der Waals surface area (Å²) in [7, 11) is 0. The van der Waals surface area contributed by atoms with Crippen LogP contribution in [0.3, 0.4) is 0 Å². The molecule has 2 nitrogen and oxygen atoms in total. The van der Waals surface area contributed by atoms with Gasteiger partial charge in [0.15, 0.2) is 0 Å². The summed E-state index contributed by atoms with van der Waals surface area (Å²) in [5.41, 5.74) is 1.76. The summed E-state index contributed by atoms with van der Waals surface area (Å²) >= 11 is 0. The lowest BCUT2D eigenvalue weighted by atomic mass is 10.2. The fraction of sp³-hybridized carbons (Fsp3) is 0. The molecular formula is C12H8N2. The highest BCUT2D eigenvalue weighted by atomic mass is 14.7. The number of pyridine rings is 1. The third-order valence-electron chi connectivity index (χ3n) is 1.95. The van der Waals surface area contributed by atoms with Crippen molar-refractivity contribution in [1.82, 2.24) is 4.98 Å². The Hall–Kier alpha value is -2.14. The summed E-state index contributed by atoms with van der Waals surface area (Å²) in [5.74, 6) is 0. The van der Waals surface area contributed by atoms with Crippen LogP contribution in [0.1, 0.15) is 5.69 Å². The predicted molar refractivity (Wildman–Crippen MR) is 56.4 cm³/mol. The molecule has 0 spiro atoms. The second-order valence-electron chi connectivity index (χ2n) is 2.89. The summed E-state index contributed by atoms with van der Waals surface area (Å²) in [6.07, 6.45) is 3.13. The molecule has 1 aromatic carbocycles. The van der Waals surface area contributed by atoms with E-state index in [0.29, 0.717) is 0 Å². The van der Waals surface area contributed by atoms with Crippen LogP contribution in [0.2, 0.25) is 0 Å². The van der Waals surface area contributed by atoms with Crippen LogP contribution >= 0.6 is 0 Å². The number of rotatable bonds is 1. The number of hydrogen-bond acceptors (Lipinski definition) is 2. The maximum atomic E-state index is 8.38. The van der Waals surface area contributed by atoms with E-state index in [2.05, 4.69) is 4.98 Å². The van der Waals surface area contributed by atoms with Gasteiger partial charge >= 0.3 is 0 Å². The van der Waals surface area contributed by atoms with E-state index in [0.717, 1.165) is 16.6 Å². The first-order chi connectivity index (χ1) is 6.90. The van der Waals surface area contributed by atoms with E-state index >= 15 is 0 Å². The highest BCUT2D eigenvalue weighted by Gasteiger charge is 1.93. The van der Waals surface area contributed by atoms with E-state index in [1.807, 2.05) is 42.5 Å². The number of hydrogen-bond donors (Lipinski definition) is 0. The van der Waals surface area contributed by atoms with Gasteiger partial charge in [-0.05, 0) is 18.2 Å². The van der Waals surface area contributed by atoms with Gasteiger partial charge in [0, 0.05) is 11.5 Å². The smallest absolute Gasteiger partial charge is 0.0912 e. The van der Waals surface area contributed by atoms with Crippen LogP contribution in [-0.4, -0.2) is 4.98 Å². The Bertz CT molecular complexity index is 521. The van der Waals surface area contributed by atoms with Crippen molar-refractivity contribution in [1.29, 1.82) is 5.26 Å². The molecule has 2 heteroatoms. The lowest BCUT2D eigenvalue weighted by Crippen LogP contribution is -1.81. The van der Waals surface area contributed by atoms with Gasteiger partial charge in [-0.1, -0.05) is 24.3 Å². The number of nitrogens with zero attached hydrogens (tertiary/aromatic N) is 2. The Morgan fingerprint density at radius 3 is 2.86 bits per heavy atom. The standard InChI is InChI=1S/C12H8N2/c13-9-3-5-11-8-7-10-4-1-2-6-12(10)14-11/h1-8H/b5-3+. The molecule has 0 N–H and O–H groups in total. The van der Waals surface area contributed by atoms with Gasteiger partial charge in [-0.2, -0.15) is 5.26 Å². The molecule has 2 aromatic rings. The van der Waals surface area contributed by atoms with Crippen LogP contribution < -0.4 is 0 Å². The molecule has 0 aliphatic carbocycles. The molecule has 0 bridgehead atoms. The highest BCUT2D eigenvalue weighted by molar-refractivity contribution is 5.79. The summed E-state index contributed by atoms with van der Waals surface area (Å²) < 4.78 is 0. The van der Waals surface area contributed by atoms with Crippen LogP contribution in [0, 0.1) is 11.3 Å². The van der Waals surface area contributed by atoms with E-state index in [-0.39, 0.29) is 0 Å². The average Bonchev–Trinajstić information content (AvgIpc) is 2.26. The third-order valence-corrected chi connectivity index (χ3v) is 1.95. The van der Waals surface area contributed by atoms with E-state index in [1.165, 1.54) is 6.08 Å². The Morgan fingerprint density at radius 2 is 2.00 bits per heavy atom. The minimum Gasteiger partial charge on any atom is -0.248 e. The molecule has 0 unspecified atom stereocenters. The molecule has 0 saturated heterocycles. The van der Waals surface area contributed by atoms with Crippen molar-refractivity contribution in [2.75, 3.05) is 0 Å². The Kier molecular flexibility index (Phi) is 2.24. The lowest BCUT2D eigenvalue weighted by Gasteiger charge is -1.97. The van der Waals surface area contributed by atoms with Gasteiger partial charge in [-0.15, -0.1) is 0 Å². The maximum Gasteiger partial charge on any atom is 0.0912 e. The first-order valence-corrected chi connectivity index (χ1v) is 4.32. The van der Waals surface area contributed by atoms with Gasteiger partial charge in [-0.25, -0.2) is 4.98 Å². The quantitative estimate of drug-likeness (QED) is 0.633. The molecule has 1 heterocycles. The van der Waals surface area contributed by atoms with Crippen molar-refractivity contribution < 1.29 is 0 Å². The number of nitriles is 1. The molecule has 66 valence electrons. The lowest BCUT2D eigenvalue weighted by molar-refractivity contribution is 1.37. The van der Waals surface area contributed by atoms with Gasteiger partial charge in [0.05, 0.1) is 17.3 Å². The number of aromatic nitrogens is 1. The second kappa shape index (κ2) is 3.71. The molecule has 1 aromatic heterocycles. The van der Waals surface area contributed by atoms with Crippen molar-refractivity contribution in [3.05, 3.63) is 48.2 Å². The Morgan fingerprint density at radius 1 is 1.14 bits per heavy atom. The number of para-hydroxylation sites is 1. The van der Waals surface area contributed by atoms with E-state index in [4.69, 9.17) is 5.26 Å². The van der Waals surface area contributed by atoms with Gasteiger partial charge in [0.2, 0.25) is 0 Å². The molecular weight excluding hydrogens is 172 g/mol. The summed E-state index contributed by atoms with van der Waals surface area (Å²) in [6, 6.07) is 13.7. The first-order valence-electron chi connectivity index (χ1n) is 4.32. The van der Waals surface area contributed by atoms with Gasteiger partial charge in [-0.3, -0.25) is 0 Å². The number of benzene rings is 1. The van der Waals surface area contributed by atoms with Crippen LogP contribution in [0.25, 0.3) is 17.0 Å². The molecule has 0 amide bonds. The van der Waals surface area contributed by atoms with Crippen molar-refractivity contribution in [3.63, 3.8) is 0 Å². The monoisotopic (exact) mass is 180 g/mol.